The molecular weight excluding hydrogens is 312 g/mol. The molecule has 0 saturated heterocycles. The zero-order chi connectivity index (χ0) is 15.2. The van der Waals surface area contributed by atoms with Crippen LogP contribution in [0.5, 0.6) is 11.5 Å². The molecule has 0 spiro atoms. The fourth-order valence-corrected chi connectivity index (χ4v) is 2.27. The molecule has 0 aromatic heterocycles. The van der Waals surface area contributed by atoms with Gasteiger partial charge in [0.05, 0.1) is 5.02 Å². The Hall–Kier alpha value is -1.29. The molecule has 21 heavy (non-hydrogen) atoms. The minimum Gasteiger partial charge on any atom is -0.453 e. The van der Waals surface area contributed by atoms with Crippen LogP contribution in [-0.4, -0.2) is 6.54 Å². The van der Waals surface area contributed by atoms with Gasteiger partial charge in [0.15, 0.2) is 11.6 Å². The second-order valence-electron chi connectivity index (χ2n) is 4.62. The number of nitrogens with one attached hydrogen (secondary N) is 1. The van der Waals surface area contributed by atoms with Gasteiger partial charge in [0.1, 0.15) is 5.75 Å². The minimum atomic E-state index is -0.420. The summed E-state index contributed by atoms with van der Waals surface area (Å²) in [6.07, 6.45) is 1.04. The van der Waals surface area contributed by atoms with Crippen LogP contribution in [0.4, 0.5) is 4.39 Å². The number of rotatable bonds is 6. The van der Waals surface area contributed by atoms with Crippen LogP contribution in [0.3, 0.4) is 0 Å². The molecule has 2 rings (SSSR count). The van der Waals surface area contributed by atoms with E-state index >= 15 is 0 Å². The summed E-state index contributed by atoms with van der Waals surface area (Å²) in [5.74, 6) is 0.0899. The molecule has 0 fully saturated rings. The van der Waals surface area contributed by atoms with Crippen LogP contribution in [0.25, 0.3) is 0 Å². The monoisotopic (exact) mass is 327 g/mol. The average Bonchev–Trinajstić information content (AvgIpc) is 2.44. The Balaban J connectivity index is 2.10. The Morgan fingerprint density at radius 1 is 1.10 bits per heavy atom. The molecule has 0 atom stereocenters. The van der Waals surface area contributed by atoms with Gasteiger partial charge in [0.2, 0.25) is 0 Å². The summed E-state index contributed by atoms with van der Waals surface area (Å²) in [5, 5.41) is 4.07. The Morgan fingerprint density at radius 3 is 2.52 bits per heavy atom. The highest BCUT2D eigenvalue weighted by Crippen LogP contribution is 2.32. The SMILES string of the molecule is CCCNCc1ccc(Oc2ccc(Cl)cc2Cl)c(F)c1. The maximum absolute atomic E-state index is 14.0. The molecule has 2 aromatic rings. The molecule has 2 nitrogen and oxygen atoms in total. The van der Waals surface area contributed by atoms with E-state index in [9.17, 15) is 4.39 Å². The van der Waals surface area contributed by atoms with Crippen LogP contribution in [-0.2, 0) is 6.54 Å². The number of hydrogen-bond donors (Lipinski definition) is 1. The lowest BCUT2D eigenvalue weighted by Crippen LogP contribution is -2.13. The molecule has 0 amide bonds. The van der Waals surface area contributed by atoms with Crippen molar-refractivity contribution in [2.75, 3.05) is 6.54 Å². The summed E-state index contributed by atoms with van der Waals surface area (Å²) in [5.41, 5.74) is 0.871. The molecule has 0 radical (unpaired) electrons. The first-order valence-electron chi connectivity index (χ1n) is 6.72. The third-order valence-corrected chi connectivity index (χ3v) is 3.40. The molecule has 0 saturated carbocycles. The number of hydrogen-bond acceptors (Lipinski definition) is 2. The van der Waals surface area contributed by atoms with Gasteiger partial charge in [-0.1, -0.05) is 36.2 Å². The highest BCUT2D eigenvalue weighted by atomic mass is 35.5. The minimum absolute atomic E-state index is 0.137. The first-order valence-corrected chi connectivity index (χ1v) is 7.47. The molecule has 5 heteroatoms. The first-order chi connectivity index (χ1) is 10.1. The van der Waals surface area contributed by atoms with Crippen molar-refractivity contribution in [1.29, 1.82) is 0 Å². The topological polar surface area (TPSA) is 21.3 Å². The van der Waals surface area contributed by atoms with E-state index in [1.807, 2.05) is 6.07 Å². The zero-order valence-corrected chi connectivity index (χ0v) is 13.1. The van der Waals surface area contributed by atoms with Crippen LogP contribution >= 0.6 is 23.2 Å². The molecule has 0 aliphatic carbocycles. The standard InChI is InChI=1S/C16H16Cl2FNO/c1-2-7-20-10-11-3-5-16(14(19)8-11)21-15-6-4-12(17)9-13(15)18/h3-6,8-9,20H,2,7,10H2,1H3. The molecular formula is C16H16Cl2FNO. The first kappa shape index (κ1) is 16.1. The summed E-state index contributed by atoms with van der Waals surface area (Å²) < 4.78 is 19.5. The molecule has 0 unspecified atom stereocenters. The molecule has 2 aromatic carbocycles. The smallest absolute Gasteiger partial charge is 0.166 e. The maximum Gasteiger partial charge on any atom is 0.166 e. The number of ether oxygens (including phenoxy) is 1. The van der Waals surface area contributed by atoms with Crippen LogP contribution in [0, 0.1) is 5.82 Å². The van der Waals surface area contributed by atoms with E-state index < -0.39 is 5.82 Å². The van der Waals surface area contributed by atoms with Gasteiger partial charge in [-0.05, 0) is 48.9 Å². The predicted octanol–water partition coefficient (Wildman–Crippen LogP) is 5.42. The fourth-order valence-electron chi connectivity index (χ4n) is 1.82. The predicted molar refractivity (Wildman–Crippen MR) is 84.9 cm³/mol. The average molecular weight is 328 g/mol. The highest BCUT2D eigenvalue weighted by molar-refractivity contribution is 6.35. The van der Waals surface area contributed by atoms with Crippen molar-refractivity contribution in [2.45, 2.75) is 19.9 Å². The summed E-state index contributed by atoms with van der Waals surface area (Å²) in [6, 6.07) is 9.69. The lowest BCUT2D eigenvalue weighted by Gasteiger charge is -2.10. The largest absolute Gasteiger partial charge is 0.453 e. The second-order valence-corrected chi connectivity index (χ2v) is 5.46. The molecule has 0 aliphatic rings. The lowest BCUT2D eigenvalue weighted by atomic mass is 10.2. The van der Waals surface area contributed by atoms with Gasteiger partial charge in [-0.3, -0.25) is 0 Å². The van der Waals surface area contributed by atoms with E-state index in [2.05, 4.69) is 12.2 Å². The Morgan fingerprint density at radius 2 is 1.86 bits per heavy atom. The molecule has 112 valence electrons. The van der Waals surface area contributed by atoms with Gasteiger partial charge < -0.3 is 10.1 Å². The van der Waals surface area contributed by atoms with Crippen molar-refractivity contribution >= 4 is 23.2 Å². The van der Waals surface area contributed by atoms with E-state index in [1.165, 1.54) is 6.07 Å². The summed E-state index contributed by atoms with van der Waals surface area (Å²) in [6.45, 7) is 3.62. The highest BCUT2D eigenvalue weighted by Gasteiger charge is 2.09. The van der Waals surface area contributed by atoms with Crippen molar-refractivity contribution in [2.24, 2.45) is 0 Å². The van der Waals surface area contributed by atoms with Crippen LogP contribution in [0.15, 0.2) is 36.4 Å². The van der Waals surface area contributed by atoms with Crippen LogP contribution < -0.4 is 10.1 Å². The third-order valence-electron chi connectivity index (χ3n) is 2.87. The Labute approximate surface area is 133 Å². The fraction of sp³-hybridized carbons (Fsp3) is 0.250. The normalized spacial score (nSPS) is 10.7. The van der Waals surface area contributed by atoms with Gasteiger partial charge in [-0.25, -0.2) is 4.39 Å². The van der Waals surface area contributed by atoms with E-state index in [0.29, 0.717) is 22.3 Å². The van der Waals surface area contributed by atoms with E-state index in [1.54, 1.807) is 24.3 Å². The van der Waals surface area contributed by atoms with Gasteiger partial charge in [0.25, 0.3) is 0 Å². The van der Waals surface area contributed by atoms with Crippen LogP contribution in [0.1, 0.15) is 18.9 Å². The molecule has 0 aliphatic heterocycles. The van der Waals surface area contributed by atoms with Crippen molar-refractivity contribution in [3.63, 3.8) is 0 Å². The number of halogens is 3. The van der Waals surface area contributed by atoms with Gasteiger partial charge in [0, 0.05) is 11.6 Å². The van der Waals surface area contributed by atoms with Crippen molar-refractivity contribution in [3.05, 3.63) is 57.8 Å². The summed E-state index contributed by atoms with van der Waals surface area (Å²) in [4.78, 5) is 0. The molecule has 1 N–H and O–H groups in total. The zero-order valence-electron chi connectivity index (χ0n) is 11.6. The maximum atomic E-state index is 14.0. The summed E-state index contributed by atoms with van der Waals surface area (Å²) >= 11 is 11.8. The van der Waals surface area contributed by atoms with Crippen molar-refractivity contribution in [1.82, 2.24) is 5.32 Å². The van der Waals surface area contributed by atoms with Crippen molar-refractivity contribution < 1.29 is 9.13 Å². The van der Waals surface area contributed by atoms with Crippen LogP contribution in [0.2, 0.25) is 10.0 Å². The molecule has 0 bridgehead atoms. The summed E-state index contributed by atoms with van der Waals surface area (Å²) in [7, 11) is 0. The van der Waals surface area contributed by atoms with E-state index in [4.69, 9.17) is 27.9 Å². The lowest BCUT2D eigenvalue weighted by molar-refractivity contribution is 0.441. The quantitative estimate of drug-likeness (QED) is 0.715. The molecule has 0 heterocycles. The van der Waals surface area contributed by atoms with Gasteiger partial charge in [-0.15, -0.1) is 0 Å². The van der Waals surface area contributed by atoms with Gasteiger partial charge in [-0.2, -0.15) is 0 Å². The second kappa shape index (κ2) is 7.64. The Bertz CT molecular complexity index is 619. The van der Waals surface area contributed by atoms with Crippen molar-refractivity contribution in [3.8, 4) is 11.5 Å². The Kier molecular flexibility index (Phi) is 5.85. The van der Waals surface area contributed by atoms with E-state index in [0.717, 1.165) is 18.5 Å². The van der Waals surface area contributed by atoms with Gasteiger partial charge >= 0.3 is 0 Å². The third kappa shape index (κ3) is 4.60. The van der Waals surface area contributed by atoms with E-state index in [-0.39, 0.29) is 5.75 Å². The number of benzene rings is 2.